The van der Waals surface area contributed by atoms with Gasteiger partial charge in [0.1, 0.15) is 12.4 Å². The second kappa shape index (κ2) is 3.23. The minimum Gasteiger partial charge on any atom is -0.485 e. The van der Waals surface area contributed by atoms with Crippen LogP contribution in [-0.2, 0) is 6.61 Å². The van der Waals surface area contributed by atoms with E-state index in [9.17, 15) is 4.79 Å². The highest BCUT2D eigenvalue weighted by Gasteiger charge is 2.25. The van der Waals surface area contributed by atoms with Crippen molar-refractivity contribution in [3.8, 4) is 5.75 Å². The van der Waals surface area contributed by atoms with E-state index in [1.165, 1.54) is 6.26 Å². The van der Waals surface area contributed by atoms with Crippen LogP contribution in [0.25, 0.3) is 0 Å². The zero-order valence-electron chi connectivity index (χ0n) is 8.82. The first-order valence-electron chi connectivity index (χ1n) is 5.11. The van der Waals surface area contributed by atoms with Crippen molar-refractivity contribution in [1.82, 2.24) is 0 Å². The van der Waals surface area contributed by atoms with E-state index in [4.69, 9.17) is 9.15 Å². The molecule has 3 nitrogen and oxygen atoms in total. The Labute approximate surface area is 92.6 Å². The number of hydrogen-bond donors (Lipinski definition) is 0. The summed E-state index contributed by atoms with van der Waals surface area (Å²) in [5, 5.41) is 0. The number of carbonyl (C=O) groups excluding carboxylic acids is 1. The molecular weight excluding hydrogens is 204 g/mol. The van der Waals surface area contributed by atoms with Crippen LogP contribution < -0.4 is 4.74 Å². The number of fused-ring (bicyclic) bond motifs is 2. The second-order valence-electron chi connectivity index (χ2n) is 3.82. The number of hydrogen-bond acceptors (Lipinski definition) is 3. The van der Waals surface area contributed by atoms with Gasteiger partial charge in [-0.1, -0.05) is 12.1 Å². The average molecular weight is 214 g/mol. The smallest absolute Gasteiger partial charge is 0.200 e. The molecule has 0 saturated carbocycles. The molecule has 80 valence electrons. The van der Waals surface area contributed by atoms with Crippen molar-refractivity contribution in [1.29, 1.82) is 0 Å². The Morgan fingerprint density at radius 3 is 3.00 bits per heavy atom. The quantitative estimate of drug-likeness (QED) is 0.676. The minimum atomic E-state index is -0.0191. The van der Waals surface area contributed by atoms with Gasteiger partial charge in [0.05, 0.1) is 17.4 Å². The molecule has 3 heteroatoms. The highest BCUT2D eigenvalue weighted by atomic mass is 16.5. The van der Waals surface area contributed by atoms with Crippen molar-refractivity contribution < 1.29 is 13.9 Å². The first-order chi connectivity index (χ1) is 7.77. The molecule has 0 saturated heterocycles. The van der Waals surface area contributed by atoms with Gasteiger partial charge in [-0.15, -0.1) is 0 Å². The van der Waals surface area contributed by atoms with Crippen molar-refractivity contribution >= 4 is 5.78 Å². The van der Waals surface area contributed by atoms with Gasteiger partial charge in [0.25, 0.3) is 0 Å². The molecule has 0 fully saturated rings. The zero-order chi connectivity index (χ0) is 11.1. The number of carbonyl (C=O) groups is 1. The molecule has 1 aromatic heterocycles. The number of ketones is 1. The summed E-state index contributed by atoms with van der Waals surface area (Å²) in [5.74, 6) is 1.21. The Bertz CT molecular complexity index is 566. The molecule has 3 rings (SSSR count). The van der Waals surface area contributed by atoms with E-state index >= 15 is 0 Å². The molecule has 0 radical (unpaired) electrons. The van der Waals surface area contributed by atoms with E-state index in [1.807, 2.05) is 25.1 Å². The number of ether oxygens (including phenoxy) is 1. The summed E-state index contributed by atoms with van der Waals surface area (Å²) < 4.78 is 10.8. The van der Waals surface area contributed by atoms with Crippen molar-refractivity contribution in [3.63, 3.8) is 0 Å². The van der Waals surface area contributed by atoms with Crippen molar-refractivity contribution in [2.45, 2.75) is 13.5 Å². The van der Waals surface area contributed by atoms with E-state index in [2.05, 4.69) is 0 Å². The minimum absolute atomic E-state index is 0.0191. The molecule has 2 aromatic rings. The van der Waals surface area contributed by atoms with Gasteiger partial charge < -0.3 is 9.15 Å². The SMILES string of the molecule is Cc1cccc2c1C(=O)c1ccoc1CO2. The van der Waals surface area contributed by atoms with Crippen LogP contribution in [0.15, 0.2) is 34.9 Å². The van der Waals surface area contributed by atoms with Crippen LogP contribution in [0, 0.1) is 6.92 Å². The number of furan rings is 1. The summed E-state index contributed by atoms with van der Waals surface area (Å²) in [4.78, 5) is 12.3. The lowest BCUT2D eigenvalue weighted by atomic mass is 9.99. The average Bonchev–Trinajstić information content (AvgIpc) is 2.69. The van der Waals surface area contributed by atoms with Gasteiger partial charge in [-0.05, 0) is 24.6 Å². The second-order valence-corrected chi connectivity index (χ2v) is 3.82. The number of rotatable bonds is 0. The molecule has 0 spiro atoms. The molecule has 0 aliphatic carbocycles. The molecule has 1 aliphatic heterocycles. The lowest BCUT2D eigenvalue weighted by Gasteiger charge is -2.07. The Kier molecular flexibility index (Phi) is 1.86. The van der Waals surface area contributed by atoms with Crippen LogP contribution in [0.2, 0.25) is 0 Å². The summed E-state index contributed by atoms with van der Waals surface area (Å²) in [6, 6.07) is 7.30. The Hall–Kier alpha value is -2.03. The first kappa shape index (κ1) is 9.21. The predicted molar refractivity (Wildman–Crippen MR) is 57.7 cm³/mol. The fourth-order valence-electron chi connectivity index (χ4n) is 1.98. The van der Waals surface area contributed by atoms with Gasteiger partial charge in [-0.25, -0.2) is 0 Å². The molecule has 0 N–H and O–H groups in total. The van der Waals surface area contributed by atoms with Crippen LogP contribution in [-0.4, -0.2) is 5.78 Å². The molecule has 2 heterocycles. The lowest BCUT2D eigenvalue weighted by molar-refractivity contribution is 0.103. The van der Waals surface area contributed by atoms with Gasteiger partial charge >= 0.3 is 0 Å². The van der Waals surface area contributed by atoms with Gasteiger partial charge in [0.2, 0.25) is 5.78 Å². The fraction of sp³-hybridized carbons (Fsp3) is 0.154. The maximum atomic E-state index is 12.3. The lowest BCUT2D eigenvalue weighted by Crippen LogP contribution is -2.02. The van der Waals surface area contributed by atoms with E-state index in [0.717, 1.165) is 5.56 Å². The topological polar surface area (TPSA) is 39.4 Å². The summed E-state index contributed by atoms with van der Waals surface area (Å²) in [6.45, 7) is 2.22. The summed E-state index contributed by atoms with van der Waals surface area (Å²) in [5.41, 5.74) is 2.17. The van der Waals surface area contributed by atoms with Crippen LogP contribution in [0.1, 0.15) is 27.2 Å². The highest BCUT2D eigenvalue weighted by Crippen LogP contribution is 2.30. The Morgan fingerprint density at radius 1 is 1.25 bits per heavy atom. The first-order valence-corrected chi connectivity index (χ1v) is 5.11. The van der Waals surface area contributed by atoms with E-state index < -0.39 is 0 Å². The molecule has 0 atom stereocenters. The molecule has 1 aliphatic rings. The van der Waals surface area contributed by atoms with Crippen LogP contribution in [0.3, 0.4) is 0 Å². The van der Waals surface area contributed by atoms with Gasteiger partial charge in [0.15, 0.2) is 5.76 Å². The van der Waals surface area contributed by atoms with Crippen molar-refractivity contribution in [2.75, 3.05) is 0 Å². The highest BCUT2D eigenvalue weighted by molar-refractivity contribution is 6.12. The van der Waals surface area contributed by atoms with E-state index in [1.54, 1.807) is 6.07 Å². The van der Waals surface area contributed by atoms with Gasteiger partial charge in [-0.3, -0.25) is 4.79 Å². The summed E-state index contributed by atoms with van der Waals surface area (Å²) in [6.07, 6.45) is 1.52. The van der Waals surface area contributed by atoms with Crippen LogP contribution >= 0.6 is 0 Å². The molecule has 1 aromatic carbocycles. The third kappa shape index (κ3) is 1.18. The summed E-state index contributed by atoms with van der Waals surface area (Å²) in [7, 11) is 0. The Morgan fingerprint density at radius 2 is 2.12 bits per heavy atom. The molecule has 16 heavy (non-hydrogen) atoms. The van der Waals surface area contributed by atoms with Crippen LogP contribution in [0.5, 0.6) is 5.75 Å². The third-order valence-corrected chi connectivity index (χ3v) is 2.81. The summed E-state index contributed by atoms with van der Waals surface area (Å²) >= 11 is 0. The largest absolute Gasteiger partial charge is 0.485 e. The molecule has 0 bridgehead atoms. The number of aryl methyl sites for hydroxylation is 1. The number of benzene rings is 1. The van der Waals surface area contributed by atoms with Gasteiger partial charge in [-0.2, -0.15) is 0 Å². The molecular formula is C13H10O3. The van der Waals surface area contributed by atoms with Crippen molar-refractivity contribution in [2.24, 2.45) is 0 Å². The zero-order valence-corrected chi connectivity index (χ0v) is 8.82. The van der Waals surface area contributed by atoms with E-state index in [-0.39, 0.29) is 5.78 Å². The third-order valence-electron chi connectivity index (χ3n) is 2.81. The monoisotopic (exact) mass is 214 g/mol. The normalized spacial score (nSPS) is 13.7. The van der Waals surface area contributed by atoms with Gasteiger partial charge in [0, 0.05) is 0 Å². The maximum Gasteiger partial charge on any atom is 0.200 e. The maximum absolute atomic E-state index is 12.3. The van der Waals surface area contributed by atoms with E-state index in [0.29, 0.717) is 29.2 Å². The standard InChI is InChI=1S/C13H10O3/c1-8-3-2-4-10-12(8)13(14)9-5-6-15-11(9)7-16-10/h2-6H,7H2,1H3. The fourth-order valence-corrected chi connectivity index (χ4v) is 1.98. The molecule has 0 unspecified atom stereocenters. The Balaban J connectivity index is 2.26. The van der Waals surface area contributed by atoms with Crippen LogP contribution in [0.4, 0.5) is 0 Å². The van der Waals surface area contributed by atoms with Crippen molar-refractivity contribution in [3.05, 3.63) is 53.0 Å². The predicted octanol–water partition coefficient (Wildman–Crippen LogP) is 2.71. The molecule has 0 amide bonds.